The summed E-state index contributed by atoms with van der Waals surface area (Å²) in [5.74, 6) is 2.40. The summed E-state index contributed by atoms with van der Waals surface area (Å²) >= 11 is 0. The Morgan fingerprint density at radius 1 is 0.824 bits per heavy atom. The molecule has 1 aliphatic heterocycles. The van der Waals surface area contributed by atoms with E-state index in [4.69, 9.17) is 18.9 Å². The summed E-state index contributed by atoms with van der Waals surface area (Å²) in [7, 11) is 0. The second kappa shape index (κ2) is 9.74. The molecule has 1 saturated carbocycles. The van der Waals surface area contributed by atoms with Gasteiger partial charge in [-0.25, -0.2) is 0 Å². The second-order valence-corrected chi connectivity index (χ2v) is 8.13. The van der Waals surface area contributed by atoms with Gasteiger partial charge in [-0.2, -0.15) is 0 Å². The maximum Gasteiger partial charge on any atom is 0.262 e. The van der Waals surface area contributed by atoms with E-state index in [0.29, 0.717) is 41.0 Å². The molecule has 174 valence electrons. The molecule has 2 aliphatic rings. The van der Waals surface area contributed by atoms with Crippen LogP contribution >= 0.6 is 0 Å². The van der Waals surface area contributed by atoms with Crippen LogP contribution in [-0.2, 0) is 16.2 Å². The van der Waals surface area contributed by atoms with Crippen LogP contribution in [-0.4, -0.2) is 25.2 Å². The van der Waals surface area contributed by atoms with Crippen LogP contribution in [0.5, 0.6) is 23.0 Å². The van der Waals surface area contributed by atoms with Gasteiger partial charge in [-0.3, -0.25) is 9.59 Å². The molecule has 3 aromatic rings. The molecule has 2 N–H and O–H groups in total. The fourth-order valence-corrected chi connectivity index (χ4v) is 3.47. The highest BCUT2D eigenvalue weighted by Gasteiger charge is 2.29. The zero-order valence-corrected chi connectivity index (χ0v) is 18.4. The minimum absolute atomic E-state index is 0.0253. The van der Waals surface area contributed by atoms with Gasteiger partial charge < -0.3 is 29.6 Å². The van der Waals surface area contributed by atoms with Gasteiger partial charge in [-0.05, 0) is 54.8 Å². The number of rotatable bonds is 9. The average Bonchev–Trinajstić information content (AvgIpc) is 3.60. The average molecular weight is 460 g/mol. The number of benzene rings is 3. The monoisotopic (exact) mass is 460 g/mol. The van der Waals surface area contributed by atoms with Gasteiger partial charge in [0.25, 0.3) is 5.91 Å². The van der Waals surface area contributed by atoms with Crippen molar-refractivity contribution in [2.45, 2.75) is 19.4 Å². The van der Waals surface area contributed by atoms with Crippen molar-refractivity contribution in [2.24, 2.45) is 5.92 Å². The highest BCUT2D eigenvalue weighted by atomic mass is 16.7. The molecule has 0 bridgehead atoms. The summed E-state index contributed by atoms with van der Waals surface area (Å²) in [6.07, 6.45) is 1.88. The molecule has 0 saturated heterocycles. The van der Waals surface area contributed by atoms with Crippen LogP contribution in [0.1, 0.15) is 18.4 Å². The number of amides is 2. The van der Waals surface area contributed by atoms with E-state index in [9.17, 15) is 9.59 Å². The van der Waals surface area contributed by atoms with E-state index < -0.39 is 0 Å². The normalized spacial score (nSPS) is 13.8. The van der Waals surface area contributed by atoms with Crippen LogP contribution in [0.4, 0.5) is 11.4 Å². The number of hydrogen-bond donors (Lipinski definition) is 2. The zero-order chi connectivity index (χ0) is 23.3. The third-order valence-electron chi connectivity index (χ3n) is 5.38. The number of anilines is 2. The first-order valence-electron chi connectivity index (χ1n) is 11.1. The van der Waals surface area contributed by atoms with Crippen molar-refractivity contribution >= 4 is 23.2 Å². The second-order valence-electron chi connectivity index (χ2n) is 8.13. The van der Waals surface area contributed by atoms with Gasteiger partial charge >= 0.3 is 0 Å². The molecular formula is C26H24N2O6. The summed E-state index contributed by atoms with van der Waals surface area (Å²) in [5.41, 5.74) is 2.20. The number of hydrogen-bond acceptors (Lipinski definition) is 6. The van der Waals surface area contributed by atoms with Gasteiger partial charge in [0.05, 0.1) is 0 Å². The van der Waals surface area contributed by atoms with Crippen molar-refractivity contribution in [1.29, 1.82) is 0 Å². The first kappa shape index (κ1) is 21.6. The standard InChI is InChI=1S/C26H24N2O6/c29-25(15-32-21-6-2-5-20(12-21)28-26(30)18-7-8-18)27-19-4-1-3-17(11-19)14-31-22-9-10-23-24(13-22)34-16-33-23/h1-6,9-13,18H,7-8,14-16H2,(H,27,29)(H,28,30). The summed E-state index contributed by atoms with van der Waals surface area (Å²) in [5, 5.41) is 5.70. The largest absolute Gasteiger partial charge is 0.489 e. The number of fused-ring (bicyclic) bond motifs is 1. The highest BCUT2D eigenvalue weighted by molar-refractivity contribution is 5.94. The van der Waals surface area contributed by atoms with E-state index in [0.717, 1.165) is 18.4 Å². The van der Waals surface area contributed by atoms with E-state index >= 15 is 0 Å². The molecular weight excluding hydrogens is 436 g/mol. The lowest BCUT2D eigenvalue weighted by molar-refractivity contribution is -0.118. The number of nitrogens with one attached hydrogen (secondary N) is 2. The fourth-order valence-electron chi connectivity index (χ4n) is 3.47. The van der Waals surface area contributed by atoms with E-state index in [1.54, 1.807) is 36.4 Å². The molecule has 0 radical (unpaired) electrons. The quantitative estimate of drug-likeness (QED) is 0.493. The van der Waals surface area contributed by atoms with Crippen molar-refractivity contribution in [3.05, 3.63) is 72.3 Å². The first-order chi connectivity index (χ1) is 16.6. The Bertz CT molecular complexity index is 1210. The lowest BCUT2D eigenvalue weighted by Crippen LogP contribution is -2.20. The van der Waals surface area contributed by atoms with E-state index in [1.165, 1.54) is 0 Å². The maximum atomic E-state index is 12.4. The van der Waals surface area contributed by atoms with Gasteiger partial charge in [0.2, 0.25) is 12.7 Å². The highest BCUT2D eigenvalue weighted by Crippen LogP contribution is 2.35. The Morgan fingerprint density at radius 3 is 2.44 bits per heavy atom. The van der Waals surface area contributed by atoms with Gasteiger partial charge in [-0.1, -0.05) is 18.2 Å². The van der Waals surface area contributed by atoms with Gasteiger partial charge in [0, 0.05) is 29.4 Å². The van der Waals surface area contributed by atoms with E-state index in [1.807, 2.05) is 30.3 Å². The van der Waals surface area contributed by atoms with Gasteiger partial charge in [0.1, 0.15) is 18.1 Å². The SMILES string of the molecule is O=C(COc1cccc(NC(=O)C2CC2)c1)Nc1cccc(COc2ccc3c(c2)OCO3)c1. The van der Waals surface area contributed by atoms with Crippen LogP contribution in [0, 0.1) is 5.92 Å². The predicted octanol–water partition coefficient (Wildman–Crippen LogP) is 4.36. The smallest absolute Gasteiger partial charge is 0.262 e. The van der Waals surface area contributed by atoms with Crippen LogP contribution in [0.15, 0.2) is 66.7 Å². The van der Waals surface area contributed by atoms with E-state index in [2.05, 4.69) is 10.6 Å². The summed E-state index contributed by atoms with van der Waals surface area (Å²) in [4.78, 5) is 24.3. The summed E-state index contributed by atoms with van der Waals surface area (Å²) in [6.45, 7) is 0.393. The van der Waals surface area contributed by atoms with Crippen molar-refractivity contribution in [2.75, 3.05) is 24.0 Å². The molecule has 0 unspecified atom stereocenters. The van der Waals surface area contributed by atoms with Crippen molar-refractivity contribution in [3.63, 3.8) is 0 Å². The molecule has 1 fully saturated rings. The minimum atomic E-state index is -0.291. The van der Waals surface area contributed by atoms with Gasteiger partial charge in [-0.15, -0.1) is 0 Å². The molecule has 1 heterocycles. The number of ether oxygens (including phenoxy) is 4. The molecule has 8 nitrogen and oxygen atoms in total. The lowest BCUT2D eigenvalue weighted by atomic mass is 10.2. The van der Waals surface area contributed by atoms with Gasteiger partial charge in [0.15, 0.2) is 18.1 Å². The number of carbonyl (C=O) groups is 2. The van der Waals surface area contributed by atoms with Crippen LogP contribution < -0.4 is 29.6 Å². The molecule has 0 spiro atoms. The molecule has 3 aromatic carbocycles. The molecule has 2 amide bonds. The molecule has 0 atom stereocenters. The molecule has 1 aliphatic carbocycles. The van der Waals surface area contributed by atoms with Crippen LogP contribution in [0.3, 0.4) is 0 Å². The zero-order valence-electron chi connectivity index (χ0n) is 18.4. The Hall–Kier alpha value is -4.20. The summed E-state index contributed by atoms with van der Waals surface area (Å²) < 4.78 is 22.1. The predicted molar refractivity (Wildman–Crippen MR) is 125 cm³/mol. The number of carbonyl (C=O) groups excluding carboxylic acids is 2. The van der Waals surface area contributed by atoms with Crippen molar-refractivity contribution in [3.8, 4) is 23.0 Å². The molecule has 5 rings (SSSR count). The minimum Gasteiger partial charge on any atom is -0.489 e. The Kier molecular flexibility index (Phi) is 6.20. The van der Waals surface area contributed by atoms with Crippen molar-refractivity contribution < 1.29 is 28.5 Å². The Labute approximate surface area is 196 Å². The maximum absolute atomic E-state index is 12.4. The Balaban J connectivity index is 1.11. The lowest BCUT2D eigenvalue weighted by Gasteiger charge is -2.11. The molecule has 0 aromatic heterocycles. The Morgan fingerprint density at radius 2 is 1.59 bits per heavy atom. The molecule has 8 heteroatoms. The summed E-state index contributed by atoms with van der Waals surface area (Å²) in [6, 6.07) is 19.9. The van der Waals surface area contributed by atoms with E-state index in [-0.39, 0.29) is 31.1 Å². The first-order valence-corrected chi connectivity index (χ1v) is 11.1. The third kappa shape index (κ3) is 5.58. The topological polar surface area (TPSA) is 95.1 Å². The van der Waals surface area contributed by atoms with Crippen LogP contribution in [0.25, 0.3) is 0 Å². The third-order valence-corrected chi connectivity index (χ3v) is 5.38. The molecule has 34 heavy (non-hydrogen) atoms. The van der Waals surface area contributed by atoms with Crippen molar-refractivity contribution in [1.82, 2.24) is 0 Å². The fraction of sp³-hybridized carbons (Fsp3) is 0.231. The van der Waals surface area contributed by atoms with Crippen LogP contribution in [0.2, 0.25) is 0 Å².